The lowest BCUT2D eigenvalue weighted by molar-refractivity contribution is -0.147. The second kappa shape index (κ2) is 11.0. The molecule has 0 saturated heterocycles. The predicted octanol–water partition coefficient (Wildman–Crippen LogP) is 1.59. The van der Waals surface area contributed by atoms with Crippen LogP contribution in [0.4, 0.5) is 0 Å². The van der Waals surface area contributed by atoms with Gasteiger partial charge in [-0.05, 0) is 19.3 Å². The van der Waals surface area contributed by atoms with Crippen molar-refractivity contribution in [2.75, 3.05) is 26.7 Å². The molecule has 0 aliphatic rings. The van der Waals surface area contributed by atoms with Crippen LogP contribution in [0.15, 0.2) is 0 Å². The lowest BCUT2D eigenvalue weighted by Crippen LogP contribution is -2.42. The van der Waals surface area contributed by atoms with E-state index in [1.54, 1.807) is 11.8 Å². The molecule has 0 bridgehead atoms. The van der Waals surface area contributed by atoms with Gasteiger partial charge in [0.2, 0.25) is 11.8 Å². The molecule has 0 aliphatic heterocycles. The van der Waals surface area contributed by atoms with Crippen LogP contribution < -0.4 is 5.32 Å². The predicted molar refractivity (Wildman–Crippen MR) is 85.1 cm³/mol. The molecule has 0 aromatic heterocycles. The fraction of sp³-hybridized carbons (Fsp3) is 0.812. The molecule has 0 aromatic carbocycles. The quantitative estimate of drug-likeness (QED) is 0.491. The minimum atomic E-state index is -0.357. The SMILES string of the molecule is CCC(CC)C(=O)N(CCCNC(C)=O)CC(C)C(=O)OC. The van der Waals surface area contributed by atoms with E-state index in [-0.39, 0.29) is 29.6 Å². The molecule has 0 aliphatic carbocycles. The lowest BCUT2D eigenvalue weighted by atomic mass is 10.0. The van der Waals surface area contributed by atoms with E-state index in [1.807, 2.05) is 13.8 Å². The smallest absolute Gasteiger partial charge is 0.310 e. The van der Waals surface area contributed by atoms with Gasteiger partial charge in [0.15, 0.2) is 0 Å². The third kappa shape index (κ3) is 7.43. The van der Waals surface area contributed by atoms with Gasteiger partial charge in [-0.15, -0.1) is 0 Å². The van der Waals surface area contributed by atoms with Crippen LogP contribution in [0.5, 0.6) is 0 Å². The van der Waals surface area contributed by atoms with E-state index in [9.17, 15) is 14.4 Å². The van der Waals surface area contributed by atoms with Crippen LogP contribution in [0.25, 0.3) is 0 Å². The highest BCUT2D eigenvalue weighted by atomic mass is 16.5. The molecular formula is C16H30N2O4. The molecule has 0 saturated carbocycles. The number of rotatable bonds is 10. The van der Waals surface area contributed by atoms with Crippen molar-refractivity contribution in [1.82, 2.24) is 10.2 Å². The summed E-state index contributed by atoms with van der Waals surface area (Å²) in [6, 6.07) is 0. The molecule has 128 valence electrons. The lowest BCUT2D eigenvalue weighted by Gasteiger charge is -2.28. The number of methoxy groups -OCH3 is 1. The summed E-state index contributed by atoms with van der Waals surface area (Å²) in [6.45, 7) is 8.60. The number of nitrogens with zero attached hydrogens (tertiary/aromatic N) is 1. The van der Waals surface area contributed by atoms with Crippen molar-refractivity contribution in [3.05, 3.63) is 0 Å². The van der Waals surface area contributed by atoms with Gasteiger partial charge in [0.25, 0.3) is 0 Å². The van der Waals surface area contributed by atoms with E-state index in [1.165, 1.54) is 14.0 Å². The van der Waals surface area contributed by atoms with Crippen LogP contribution in [0.3, 0.4) is 0 Å². The van der Waals surface area contributed by atoms with Gasteiger partial charge in [-0.25, -0.2) is 0 Å². The summed E-state index contributed by atoms with van der Waals surface area (Å²) in [4.78, 5) is 36.7. The Morgan fingerprint density at radius 3 is 2.23 bits per heavy atom. The van der Waals surface area contributed by atoms with Gasteiger partial charge in [0.1, 0.15) is 0 Å². The number of hydrogen-bond acceptors (Lipinski definition) is 4. The summed E-state index contributed by atoms with van der Waals surface area (Å²) in [7, 11) is 1.35. The Hall–Kier alpha value is -1.59. The molecule has 0 radical (unpaired) electrons. The second-order valence-corrected chi connectivity index (χ2v) is 5.56. The Labute approximate surface area is 133 Å². The molecule has 0 rings (SSSR count). The van der Waals surface area contributed by atoms with E-state index < -0.39 is 0 Å². The number of carbonyl (C=O) groups excluding carboxylic acids is 3. The Morgan fingerprint density at radius 2 is 1.77 bits per heavy atom. The summed E-state index contributed by atoms with van der Waals surface area (Å²) < 4.78 is 4.73. The van der Waals surface area contributed by atoms with Crippen molar-refractivity contribution >= 4 is 17.8 Å². The molecule has 1 N–H and O–H groups in total. The molecule has 6 nitrogen and oxygen atoms in total. The molecule has 1 unspecified atom stereocenters. The first-order valence-corrected chi connectivity index (χ1v) is 7.98. The fourth-order valence-electron chi connectivity index (χ4n) is 2.33. The Balaban J connectivity index is 4.71. The highest BCUT2D eigenvalue weighted by molar-refractivity contribution is 5.80. The highest BCUT2D eigenvalue weighted by Crippen LogP contribution is 2.14. The summed E-state index contributed by atoms with van der Waals surface area (Å²) in [6.07, 6.45) is 2.23. The number of ether oxygens (including phenoxy) is 1. The number of amides is 2. The first kappa shape index (κ1) is 20.4. The third-order valence-corrected chi connectivity index (χ3v) is 3.72. The fourth-order valence-corrected chi connectivity index (χ4v) is 2.33. The molecule has 0 aromatic rings. The Kier molecular flexibility index (Phi) is 10.2. The van der Waals surface area contributed by atoms with Crippen LogP contribution in [0, 0.1) is 11.8 Å². The molecule has 6 heteroatoms. The zero-order valence-corrected chi connectivity index (χ0v) is 14.5. The average Bonchev–Trinajstić information content (AvgIpc) is 2.49. The first-order valence-electron chi connectivity index (χ1n) is 7.98. The molecule has 1 atom stereocenters. The van der Waals surface area contributed by atoms with Gasteiger partial charge in [0.05, 0.1) is 13.0 Å². The Bertz CT molecular complexity index is 367. The number of hydrogen-bond donors (Lipinski definition) is 1. The maximum absolute atomic E-state index is 12.6. The summed E-state index contributed by atoms with van der Waals surface area (Å²) >= 11 is 0. The van der Waals surface area contributed by atoms with Crippen molar-refractivity contribution in [2.45, 2.75) is 47.0 Å². The van der Waals surface area contributed by atoms with Crippen molar-refractivity contribution in [3.63, 3.8) is 0 Å². The maximum atomic E-state index is 12.6. The van der Waals surface area contributed by atoms with E-state index >= 15 is 0 Å². The standard InChI is InChI=1S/C16H30N2O4/c1-6-14(7-2)15(20)18(10-8-9-17-13(4)19)11-12(3)16(21)22-5/h12,14H,6-11H2,1-5H3,(H,17,19). The number of carbonyl (C=O) groups is 3. The Morgan fingerprint density at radius 1 is 1.18 bits per heavy atom. The molecule has 22 heavy (non-hydrogen) atoms. The summed E-state index contributed by atoms with van der Waals surface area (Å²) in [5.74, 6) is -0.705. The molecule has 0 spiro atoms. The molecule has 0 heterocycles. The molecular weight excluding hydrogens is 284 g/mol. The van der Waals surface area contributed by atoms with Crippen molar-refractivity contribution in [2.24, 2.45) is 11.8 Å². The van der Waals surface area contributed by atoms with Crippen LogP contribution in [-0.2, 0) is 19.1 Å². The van der Waals surface area contributed by atoms with Gasteiger partial charge < -0.3 is 15.0 Å². The zero-order chi connectivity index (χ0) is 17.1. The normalized spacial score (nSPS) is 11.9. The van der Waals surface area contributed by atoms with Crippen LogP contribution in [-0.4, -0.2) is 49.4 Å². The van der Waals surface area contributed by atoms with Crippen molar-refractivity contribution in [3.8, 4) is 0 Å². The summed E-state index contributed by atoms with van der Waals surface area (Å²) in [5.41, 5.74) is 0. The zero-order valence-electron chi connectivity index (χ0n) is 14.5. The minimum absolute atomic E-state index is 0.0226. The van der Waals surface area contributed by atoms with Crippen LogP contribution in [0.1, 0.15) is 47.0 Å². The largest absolute Gasteiger partial charge is 0.469 e. The topological polar surface area (TPSA) is 75.7 Å². The third-order valence-electron chi connectivity index (χ3n) is 3.72. The minimum Gasteiger partial charge on any atom is -0.469 e. The number of nitrogens with one attached hydrogen (secondary N) is 1. The van der Waals surface area contributed by atoms with E-state index in [4.69, 9.17) is 4.74 Å². The molecule has 0 fully saturated rings. The van der Waals surface area contributed by atoms with Crippen molar-refractivity contribution < 1.29 is 19.1 Å². The van der Waals surface area contributed by atoms with E-state index in [0.29, 0.717) is 26.1 Å². The van der Waals surface area contributed by atoms with Crippen molar-refractivity contribution in [1.29, 1.82) is 0 Å². The number of esters is 1. The monoisotopic (exact) mass is 314 g/mol. The maximum Gasteiger partial charge on any atom is 0.310 e. The summed E-state index contributed by atoms with van der Waals surface area (Å²) in [5, 5.41) is 2.72. The van der Waals surface area contributed by atoms with Gasteiger partial charge in [-0.1, -0.05) is 20.8 Å². The van der Waals surface area contributed by atoms with E-state index in [2.05, 4.69) is 5.32 Å². The molecule has 2 amide bonds. The average molecular weight is 314 g/mol. The van der Waals surface area contributed by atoms with Gasteiger partial charge in [-0.3, -0.25) is 14.4 Å². The first-order chi connectivity index (χ1) is 10.4. The highest BCUT2D eigenvalue weighted by Gasteiger charge is 2.25. The van der Waals surface area contributed by atoms with Crippen LogP contribution >= 0.6 is 0 Å². The van der Waals surface area contributed by atoms with Gasteiger partial charge >= 0.3 is 5.97 Å². The van der Waals surface area contributed by atoms with Gasteiger partial charge in [-0.2, -0.15) is 0 Å². The van der Waals surface area contributed by atoms with Gasteiger partial charge in [0, 0.05) is 32.5 Å². The van der Waals surface area contributed by atoms with E-state index in [0.717, 1.165) is 12.8 Å². The van der Waals surface area contributed by atoms with Crippen LogP contribution in [0.2, 0.25) is 0 Å². The second-order valence-electron chi connectivity index (χ2n) is 5.56.